The van der Waals surface area contributed by atoms with Crippen LogP contribution in [0.25, 0.3) is 0 Å². The van der Waals surface area contributed by atoms with Crippen LogP contribution in [0, 0.1) is 23.6 Å². The van der Waals surface area contributed by atoms with Crippen LogP contribution in [0.15, 0.2) is 54.6 Å². The number of hydrogen-bond donors (Lipinski definition) is 2. The van der Waals surface area contributed by atoms with Gasteiger partial charge in [-0.15, -0.1) is 0 Å². The lowest BCUT2D eigenvalue weighted by molar-refractivity contribution is -0.136. The molecule has 11 heteroatoms. The van der Waals surface area contributed by atoms with Crippen LogP contribution in [0.1, 0.15) is 83.5 Å². The Morgan fingerprint density at radius 2 is 1.47 bits per heavy atom. The number of halogens is 1. The Kier molecular flexibility index (Phi) is 10.0. The van der Waals surface area contributed by atoms with Crippen molar-refractivity contribution in [3.63, 3.8) is 0 Å². The van der Waals surface area contributed by atoms with Gasteiger partial charge in [0, 0.05) is 94.8 Å². The molecular formula is C44H52FN5O5. The number of piperazine rings is 1. The van der Waals surface area contributed by atoms with Crippen molar-refractivity contribution in [1.29, 1.82) is 0 Å². The minimum Gasteiger partial charge on any atom is -0.508 e. The zero-order valence-corrected chi connectivity index (χ0v) is 31.6. The van der Waals surface area contributed by atoms with E-state index >= 15 is 4.39 Å². The van der Waals surface area contributed by atoms with E-state index < -0.39 is 6.04 Å². The molecule has 3 aromatic carbocycles. The maximum absolute atomic E-state index is 16.3. The van der Waals surface area contributed by atoms with Crippen LogP contribution in [-0.2, 0) is 27.3 Å². The molecule has 55 heavy (non-hydrogen) atoms. The third-order valence-corrected chi connectivity index (χ3v) is 13.6. The maximum Gasteiger partial charge on any atom is 0.255 e. The van der Waals surface area contributed by atoms with Gasteiger partial charge in [0.05, 0.1) is 0 Å². The molecule has 5 heterocycles. The number of fused-ring (bicyclic) bond motifs is 2. The van der Waals surface area contributed by atoms with Crippen molar-refractivity contribution >= 4 is 29.1 Å². The number of hydrogen-bond acceptors (Lipinski definition) is 8. The number of phenolic OH excluding ortho intramolecular Hbond substituents is 1. The van der Waals surface area contributed by atoms with E-state index in [1.165, 1.54) is 0 Å². The average molecular weight is 750 g/mol. The summed E-state index contributed by atoms with van der Waals surface area (Å²) in [7, 11) is 0. The second-order valence-electron chi connectivity index (χ2n) is 16.7. The first-order valence-electron chi connectivity index (χ1n) is 20.5. The Hall–Kier alpha value is -4.48. The first kappa shape index (κ1) is 36.2. The summed E-state index contributed by atoms with van der Waals surface area (Å²) in [6.07, 6.45) is 6.73. The van der Waals surface area contributed by atoms with Gasteiger partial charge in [0.1, 0.15) is 17.6 Å². The highest BCUT2D eigenvalue weighted by Gasteiger charge is 2.40. The molecule has 0 bridgehead atoms. The fourth-order valence-corrected chi connectivity index (χ4v) is 10.5. The van der Waals surface area contributed by atoms with E-state index in [1.54, 1.807) is 17.0 Å². The quantitative estimate of drug-likeness (QED) is 0.308. The van der Waals surface area contributed by atoms with E-state index in [0.29, 0.717) is 36.3 Å². The smallest absolute Gasteiger partial charge is 0.255 e. The Morgan fingerprint density at radius 3 is 2.24 bits per heavy atom. The molecule has 0 radical (unpaired) electrons. The lowest BCUT2D eigenvalue weighted by atomic mass is 9.65. The average Bonchev–Trinajstić information content (AvgIpc) is 3.53. The fourth-order valence-electron chi connectivity index (χ4n) is 10.5. The number of amides is 3. The molecule has 9 rings (SSSR count). The molecule has 10 nitrogen and oxygen atoms in total. The van der Waals surface area contributed by atoms with Crippen molar-refractivity contribution in [3.05, 3.63) is 88.2 Å². The van der Waals surface area contributed by atoms with Crippen molar-refractivity contribution in [2.24, 2.45) is 17.8 Å². The summed E-state index contributed by atoms with van der Waals surface area (Å²) in [5.41, 5.74) is 6.74. The first-order chi connectivity index (χ1) is 26.8. The Labute approximate surface area is 322 Å². The molecule has 0 saturated carbocycles. The van der Waals surface area contributed by atoms with Crippen molar-refractivity contribution in [3.8, 4) is 5.75 Å². The van der Waals surface area contributed by atoms with E-state index in [2.05, 4.69) is 32.1 Å². The molecule has 0 aromatic heterocycles. The maximum atomic E-state index is 16.3. The Bertz CT molecular complexity index is 1950. The van der Waals surface area contributed by atoms with E-state index in [4.69, 9.17) is 4.74 Å². The Morgan fingerprint density at radius 1 is 0.745 bits per heavy atom. The highest BCUT2D eigenvalue weighted by molar-refractivity contribution is 6.05. The van der Waals surface area contributed by atoms with Crippen molar-refractivity contribution in [1.82, 2.24) is 15.1 Å². The summed E-state index contributed by atoms with van der Waals surface area (Å²) < 4.78 is 22.0. The number of nitrogens with one attached hydrogen (secondary N) is 1. The van der Waals surface area contributed by atoms with Crippen LogP contribution in [0.3, 0.4) is 0 Å². The molecule has 4 saturated heterocycles. The van der Waals surface area contributed by atoms with Gasteiger partial charge in [0.15, 0.2) is 0 Å². The molecule has 5 aliphatic heterocycles. The van der Waals surface area contributed by atoms with E-state index in [0.717, 1.165) is 131 Å². The molecule has 6 aliphatic rings. The van der Waals surface area contributed by atoms with Gasteiger partial charge in [-0.25, -0.2) is 4.39 Å². The third-order valence-electron chi connectivity index (χ3n) is 13.6. The Balaban J connectivity index is 0.787. The molecule has 3 aromatic rings. The minimum absolute atomic E-state index is 0.0186. The van der Waals surface area contributed by atoms with Crippen molar-refractivity contribution in [2.45, 2.75) is 69.9 Å². The standard InChI is InChI=1S/C44H52FN5O5/c45-39-25-33(3-7-38(39)42-35(29-13-21-55-22-14-29)5-1-30-24-34(51)4-8-36(30)42)48-15-11-28(12-16-48)26-47-17-19-49(20-18-47)32-2-6-37-31(23-32)27-50(44(37)54)40-9-10-41(52)46-43(40)53/h2-4,6-8,23-25,28-29,35,40,42,51H,1,5,9-22,26-27H2,(H,46,52,53)/t35-,40-,42+/m1/s1. The van der Waals surface area contributed by atoms with Crippen LogP contribution >= 0.6 is 0 Å². The first-order valence-corrected chi connectivity index (χ1v) is 20.5. The molecule has 4 fully saturated rings. The molecule has 290 valence electrons. The number of imide groups is 1. The highest BCUT2D eigenvalue weighted by atomic mass is 19.1. The van der Waals surface area contributed by atoms with Gasteiger partial charge in [-0.05, 0) is 127 Å². The highest BCUT2D eigenvalue weighted by Crippen LogP contribution is 2.48. The van der Waals surface area contributed by atoms with Crippen molar-refractivity contribution < 1.29 is 28.6 Å². The number of piperidine rings is 2. The van der Waals surface area contributed by atoms with Crippen LogP contribution in [0.4, 0.5) is 15.8 Å². The summed E-state index contributed by atoms with van der Waals surface area (Å²) in [5, 5.41) is 12.6. The topological polar surface area (TPSA) is 106 Å². The van der Waals surface area contributed by atoms with Gasteiger partial charge in [-0.3, -0.25) is 24.6 Å². The predicted molar refractivity (Wildman–Crippen MR) is 208 cm³/mol. The summed E-state index contributed by atoms with van der Waals surface area (Å²) in [5.74, 6) is 0.807. The normalized spacial score (nSPS) is 25.6. The van der Waals surface area contributed by atoms with Gasteiger partial charge in [-0.1, -0.05) is 12.1 Å². The minimum atomic E-state index is -0.601. The largest absolute Gasteiger partial charge is 0.508 e. The molecule has 3 atom stereocenters. The number of anilines is 2. The van der Waals surface area contributed by atoms with Gasteiger partial charge < -0.3 is 24.5 Å². The van der Waals surface area contributed by atoms with Gasteiger partial charge in [0.25, 0.3) is 5.91 Å². The number of carbonyl (C=O) groups is 3. The lowest BCUT2D eigenvalue weighted by Gasteiger charge is -2.41. The zero-order valence-electron chi connectivity index (χ0n) is 31.6. The number of phenols is 1. The van der Waals surface area contributed by atoms with Gasteiger partial charge in [-0.2, -0.15) is 0 Å². The van der Waals surface area contributed by atoms with Gasteiger partial charge >= 0.3 is 0 Å². The number of benzene rings is 3. The molecule has 1 aliphatic carbocycles. The second kappa shape index (κ2) is 15.2. The molecule has 3 amide bonds. The fraction of sp³-hybridized carbons (Fsp3) is 0.523. The SMILES string of the molecule is O=C1CC[C@@H](N2Cc3cc(N4CCN(CC5CCN(c6ccc([C@@H]7c8ccc(O)cc8CC[C@@H]7C7CCOCC7)c(F)c6)CC5)CC4)ccc3C2=O)C(=O)N1. The van der Waals surface area contributed by atoms with Crippen LogP contribution in [0.2, 0.25) is 0 Å². The summed E-state index contributed by atoms with van der Waals surface area (Å²) in [6.45, 7) is 8.63. The van der Waals surface area contributed by atoms with Gasteiger partial charge in [0.2, 0.25) is 11.8 Å². The monoisotopic (exact) mass is 749 g/mol. The number of aromatic hydroxyl groups is 1. The van der Waals surface area contributed by atoms with E-state index in [1.807, 2.05) is 30.3 Å². The van der Waals surface area contributed by atoms with E-state index in [-0.39, 0.29) is 41.6 Å². The summed E-state index contributed by atoms with van der Waals surface area (Å²) in [4.78, 5) is 46.2. The predicted octanol–water partition coefficient (Wildman–Crippen LogP) is 5.45. The van der Waals surface area contributed by atoms with Crippen LogP contribution < -0.4 is 15.1 Å². The zero-order chi connectivity index (χ0) is 37.6. The number of rotatable bonds is 7. The number of aryl methyl sites for hydroxylation is 1. The summed E-state index contributed by atoms with van der Waals surface area (Å²) in [6, 6.07) is 17.0. The molecular weight excluding hydrogens is 698 g/mol. The second-order valence-corrected chi connectivity index (χ2v) is 16.7. The third kappa shape index (κ3) is 7.21. The number of ether oxygens (including phenoxy) is 1. The van der Waals surface area contributed by atoms with Crippen LogP contribution in [-0.4, -0.2) is 97.7 Å². The van der Waals surface area contributed by atoms with Crippen LogP contribution in [0.5, 0.6) is 5.75 Å². The molecule has 0 spiro atoms. The summed E-state index contributed by atoms with van der Waals surface area (Å²) >= 11 is 0. The number of carbonyl (C=O) groups excluding carboxylic acids is 3. The molecule has 0 unspecified atom stereocenters. The van der Waals surface area contributed by atoms with Crippen molar-refractivity contribution in [2.75, 3.05) is 68.8 Å². The molecule has 2 N–H and O–H groups in total. The van der Waals surface area contributed by atoms with E-state index in [9.17, 15) is 19.5 Å². The number of nitrogens with zero attached hydrogens (tertiary/aromatic N) is 4. The lowest BCUT2D eigenvalue weighted by Crippen LogP contribution is -2.52.